The molecule has 0 heterocycles. The van der Waals surface area contributed by atoms with Crippen molar-refractivity contribution in [1.82, 2.24) is 0 Å². The van der Waals surface area contributed by atoms with Crippen molar-refractivity contribution in [1.29, 1.82) is 0 Å². The second-order valence-corrected chi connectivity index (χ2v) is 5.28. The third kappa shape index (κ3) is 3.51. The molecule has 1 aliphatic rings. The lowest BCUT2D eigenvalue weighted by atomic mass is 9.79. The molecule has 0 saturated heterocycles. The van der Waals surface area contributed by atoms with E-state index in [9.17, 15) is 4.79 Å². The smallest absolute Gasteiger partial charge is 0.158 e. The standard InChI is InChI=1S/C15H16N2O/c1-15(2)9-13(8-14(18)10-15)17-11-16-12-6-4-3-5-7-12/h3-8H,9-10H2,1-2H3. The van der Waals surface area contributed by atoms with Crippen molar-refractivity contribution in [2.24, 2.45) is 15.4 Å². The molecule has 0 atom stereocenters. The molecule has 1 aromatic carbocycles. The van der Waals surface area contributed by atoms with E-state index in [1.54, 1.807) is 6.08 Å². The largest absolute Gasteiger partial charge is 0.295 e. The number of carbonyl (C=O) groups excluding carboxylic acids is 1. The molecule has 3 nitrogen and oxygen atoms in total. The summed E-state index contributed by atoms with van der Waals surface area (Å²) in [4.78, 5) is 19.8. The zero-order valence-electron chi connectivity index (χ0n) is 10.7. The quantitative estimate of drug-likeness (QED) is 0.725. The van der Waals surface area contributed by atoms with E-state index < -0.39 is 0 Å². The van der Waals surface area contributed by atoms with Gasteiger partial charge in [-0.15, -0.1) is 0 Å². The summed E-state index contributed by atoms with van der Waals surface area (Å²) in [6, 6.07) is 12.2. The molecule has 0 unspecified atom stereocenters. The topological polar surface area (TPSA) is 41.8 Å². The van der Waals surface area contributed by atoms with Gasteiger partial charge in [-0.25, -0.2) is 0 Å². The highest BCUT2D eigenvalue weighted by Gasteiger charge is 2.27. The lowest BCUT2D eigenvalue weighted by Gasteiger charge is -2.26. The lowest BCUT2D eigenvalue weighted by Crippen LogP contribution is -2.21. The zero-order chi connectivity index (χ0) is 13.0. The number of aliphatic imine (C=N–C) groups is 2. The van der Waals surface area contributed by atoms with E-state index in [1.807, 2.05) is 30.3 Å². The van der Waals surface area contributed by atoms with Crippen LogP contribution in [0, 0.1) is 5.41 Å². The summed E-state index contributed by atoms with van der Waals surface area (Å²) < 4.78 is 0. The fourth-order valence-electron chi connectivity index (χ4n) is 2.03. The molecule has 0 aliphatic heterocycles. The van der Waals surface area contributed by atoms with Gasteiger partial charge in [-0.2, -0.15) is 9.98 Å². The molecule has 1 aromatic rings. The van der Waals surface area contributed by atoms with E-state index in [0.29, 0.717) is 6.42 Å². The van der Waals surface area contributed by atoms with Crippen molar-refractivity contribution in [2.75, 3.05) is 0 Å². The Hall–Kier alpha value is -1.99. The molecule has 0 amide bonds. The Kier molecular flexibility index (Phi) is 3.54. The number of hydrogen-bond donors (Lipinski definition) is 0. The maximum atomic E-state index is 11.5. The number of benzene rings is 1. The van der Waals surface area contributed by atoms with Crippen LogP contribution in [0.5, 0.6) is 0 Å². The zero-order valence-corrected chi connectivity index (χ0v) is 10.7. The van der Waals surface area contributed by atoms with Gasteiger partial charge in [0.1, 0.15) is 6.01 Å². The lowest BCUT2D eigenvalue weighted by molar-refractivity contribution is -0.117. The Bertz CT molecular complexity index is 535. The minimum atomic E-state index is -0.0148. The maximum absolute atomic E-state index is 11.5. The Labute approximate surface area is 107 Å². The van der Waals surface area contributed by atoms with Gasteiger partial charge >= 0.3 is 0 Å². The summed E-state index contributed by atoms with van der Waals surface area (Å²) in [5, 5.41) is 0. The van der Waals surface area contributed by atoms with E-state index >= 15 is 0 Å². The molecule has 3 heteroatoms. The van der Waals surface area contributed by atoms with Crippen molar-refractivity contribution in [3.8, 4) is 0 Å². The van der Waals surface area contributed by atoms with Gasteiger partial charge in [-0.3, -0.25) is 4.79 Å². The summed E-state index contributed by atoms with van der Waals surface area (Å²) in [5.41, 5.74) is 1.55. The highest BCUT2D eigenvalue weighted by molar-refractivity contribution is 5.91. The van der Waals surface area contributed by atoms with Gasteiger partial charge in [0.25, 0.3) is 0 Å². The van der Waals surface area contributed by atoms with Gasteiger partial charge in [-0.05, 0) is 24.0 Å². The van der Waals surface area contributed by atoms with Crippen LogP contribution in [0.15, 0.2) is 52.1 Å². The van der Waals surface area contributed by atoms with Crippen LogP contribution in [0.3, 0.4) is 0 Å². The van der Waals surface area contributed by atoms with E-state index in [1.165, 1.54) is 0 Å². The molecular formula is C15H16N2O. The summed E-state index contributed by atoms with van der Waals surface area (Å²) in [6.45, 7) is 4.14. The Balaban J connectivity index is 2.14. The van der Waals surface area contributed by atoms with Crippen LogP contribution in [0.1, 0.15) is 26.7 Å². The van der Waals surface area contributed by atoms with Gasteiger partial charge < -0.3 is 0 Å². The van der Waals surface area contributed by atoms with E-state index in [0.717, 1.165) is 17.8 Å². The van der Waals surface area contributed by atoms with Gasteiger partial charge in [0, 0.05) is 12.5 Å². The number of para-hydroxylation sites is 1. The van der Waals surface area contributed by atoms with Gasteiger partial charge in [0.2, 0.25) is 0 Å². The van der Waals surface area contributed by atoms with Crippen molar-refractivity contribution in [2.45, 2.75) is 26.7 Å². The molecular weight excluding hydrogens is 224 g/mol. The Morgan fingerprint density at radius 1 is 1.11 bits per heavy atom. The SMILES string of the molecule is CC1(C)CC(=O)C=C(N=C=Nc2ccccc2)C1. The van der Waals surface area contributed by atoms with Gasteiger partial charge in [0.05, 0.1) is 11.4 Å². The van der Waals surface area contributed by atoms with Crippen molar-refractivity contribution < 1.29 is 4.79 Å². The Morgan fingerprint density at radius 3 is 2.50 bits per heavy atom. The first-order valence-corrected chi connectivity index (χ1v) is 6.00. The summed E-state index contributed by atoms with van der Waals surface area (Å²) in [7, 11) is 0. The van der Waals surface area contributed by atoms with E-state index in [2.05, 4.69) is 29.8 Å². The third-order valence-corrected chi connectivity index (χ3v) is 2.77. The monoisotopic (exact) mass is 240 g/mol. The molecule has 0 bridgehead atoms. The summed E-state index contributed by atoms with van der Waals surface area (Å²) >= 11 is 0. The highest BCUT2D eigenvalue weighted by Crippen LogP contribution is 2.33. The van der Waals surface area contributed by atoms with Crippen LogP contribution < -0.4 is 0 Å². The normalized spacial score (nSPS) is 17.7. The fraction of sp³-hybridized carbons (Fsp3) is 0.333. The predicted molar refractivity (Wildman–Crippen MR) is 72.1 cm³/mol. The number of ketones is 1. The molecule has 0 spiro atoms. The minimum absolute atomic E-state index is 0.0148. The molecule has 0 saturated carbocycles. The minimum Gasteiger partial charge on any atom is -0.295 e. The first kappa shape index (κ1) is 12.5. The molecule has 0 aromatic heterocycles. The average molecular weight is 240 g/mol. The van der Waals surface area contributed by atoms with Crippen LogP contribution in [0.2, 0.25) is 0 Å². The van der Waals surface area contributed by atoms with Crippen molar-refractivity contribution >= 4 is 17.5 Å². The maximum Gasteiger partial charge on any atom is 0.158 e. The second kappa shape index (κ2) is 5.11. The van der Waals surface area contributed by atoms with Gasteiger partial charge in [0.15, 0.2) is 5.78 Å². The van der Waals surface area contributed by atoms with Crippen LogP contribution in [0.4, 0.5) is 5.69 Å². The fourth-order valence-corrected chi connectivity index (χ4v) is 2.03. The average Bonchev–Trinajstić information content (AvgIpc) is 2.27. The number of rotatable bonds is 2. The molecule has 0 radical (unpaired) electrons. The van der Waals surface area contributed by atoms with Crippen molar-refractivity contribution in [3.63, 3.8) is 0 Å². The summed E-state index contributed by atoms with van der Waals surface area (Å²) in [5.74, 6) is 0.131. The summed E-state index contributed by atoms with van der Waals surface area (Å²) in [6.07, 6.45) is 2.97. The van der Waals surface area contributed by atoms with Gasteiger partial charge in [-0.1, -0.05) is 32.0 Å². The molecule has 18 heavy (non-hydrogen) atoms. The molecule has 2 rings (SSSR count). The number of hydrogen-bond acceptors (Lipinski definition) is 3. The van der Waals surface area contributed by atoms with Crippen LogP contribution in [0.25, 0.3) is 0 Å². The highest BCUT2D eigenvalue weighted by atomic mass is 16.1. The van der Waals surface area contributed by atoms with Crippen LogP contribution >= 0.6 is 0 Å². The second-order valence-electron chi connectivity index (χ2n) is 5.28. The Morgan fingerprint density at radius 2 is 1.83 bits per heavy atom. The predicted octanol–water partition coefficient (Wildman–Crippen LogP) is 3.77. The number of allylic oxidation sites excluding steroid dienone is 2. The first-order valence-electron chi connectivity index (χ1n) is 6.00. The third-order valence-electron chi connectivity index (χ3n) is 2.77. The first-order chi connectivity index (χ1) is 8.55. The number of nitrogens with zero attached hydrogens (tertiary/aromatic N) is 2. The molecule has 0 fully saturated rings. The number of carbonyl (C=O) groups is 1. The van der Waals surface area contributed by atoms with Crippen LogP contribution in [-0.4, -0.2) is 11.8 Å². The molecule has 92 valence electrons. The van der Waals surface area contributed by atoms with E-state index in [4.69, 9.17) is 0 Å². The van der Waals surface area contributed by atoms with Crippen molar-refractivity contribution in [3.05, 3.63) is 42.1 Å². The molecule has 1 aliphatic carbocycles. The molecule has 0 N–H and O–H groups in total. The van der Waals surface area contributed by atoms with Crippen LogP contribution in [-0.2, 0) is 4.79 Å². The van der Waals surface area contributed by atoms with E-state index in [-0.39, 0.29) is 11.2 Å².